The average Bonchev–Trinajstić information content (AvgIpc) is 2.73. The molecule has 1 aliphatic rings. The van der Waals surface area contributed by atoms with Crippen LogP contribution in [0.4, 0.5) is 5.69 Å². The highest BCUT2D eigenvalue weighted by Crippen LogP contribution is 2.26. The summed E-state index contributed by atoms with van der Waals surface area (Å²) < 4.78 is 6.46. The van der Waals surface area contributed by atoms with Gasteiger partial charge in [0.15, 0.2) is 0 Å². The van der Waals surface area contributed by atoms with Gasteiger partial charge in [0.25, 0.3) is 0 Å². The minimum atomic E-state index is 0.333. The van der Waals surface area contributed by atoms with Crippen LogP contribution in [0.2, 0.25) is 0 Å². The topological polar surface area (TPSA) is 45.0 Å². The Hall–Kier alpha value is -1.05. The van der Waals surface area contributed by atoms with Crippen molar-refractivity contribution >= 4 is 21.6 Å². The van der Waals surface area contributed by atoms with Gasteiger partial charge in [0.1, 0.15) is 0 Å². The maximum atomic E-state index is 8.78. The molecule has 1 heterocycles. The van der Waals surface area contributed by atoms with Gasteiger partial charge in [-0.2, -0.15) is 5.26 Å². The molecular weight excluding hydrogens is 280 g/mol. The van der Waals surface area contributed by atoms with Gasteiger partial charge in [0, 0.05) is 29.2 Å². The summed E-state index contributed by atoms with van der Waals surface area (Å²) in [6.45, 7) is 3.89. The highest BCUT2D eigenvalue weighted by atomic mass is 79.9. The van der Waals surface area contributed by atoms with Crippen molar-refractivity contribution in [1.29, 1.82) is 5.26 Å². The maximum Gasteiger partial charge on any atom is 0.0992 e. The van der Waals surface area contributed by atoms with Gasteiger partial charge in [-0.25, -0.2) is 0 Å². The first-order chi connectivity index (χ1) is 8.20. The number of rotatable bonds is 3. The Balaban J connectivity index is 1.97. The number of hydrogen-bond acceptors (Lipinski definition) is 3. The normalized spacial score (nSPS) is 23.4. The van der Waals surface area contributed by atoms with E-state index in [4.69, 9.17) is 10.00 Å². The highest BCUT2D eigenvalue weighted by molar-refractivity contribution is 9.10. The molecule has 0 aromatic heterocycles. The molecule has 2 unspecified atom stereocenters. The third-order valence-corrected chi connectivity index (χ3v) is 3.84. The van der Waals surface area contributed by atoms with E-state index in [-0.39, 0.29) is 0 Å². The second-order valence-corrected chi connectivity index (χ2v) is 5.17. The smallest absolute Gasteiger partial charge is 0.0992 e. The molecule has 2 rings (SSSR count). The zero-order valence-electron chi connectivity index (χ0n) is 9.74. The maximum absolute atomic E-state index is 8.78. The Labute approximate surface area is 110 Å². The molecule has 1 aromatic carbocycles. The van der Waals surface area contributed by atoms with Crippen molar-refractivity contribution in [2.45, 2.75) is 19.4 Å². The number of nitriles is 1. The minimum absolute atomic E-state index is 0.333. The standard InChI is InChI=1S/C13H15BrN2O/c1-9-11(4-5-17-9)8-16-13-3-2-10(7-15)6-12(13)14/h2-3,6,9,11,16H,4-5,8H2,1H3. The van der Waals surface area contributed by atoms with Crippen LogP contribution in [0, 0.1) is 17.2 Å². The molecule has 90 valence electrons. The third-order valence-electron chi connectivity index (χ3n) is 3.19. The lowest BCUT2D eigenvalue weighted by molar-refractivity contribution is 0.108. The van der Waals surface area contributed by atoms with E-state index in [1.165, 1.54) is 0 Å². The van der Waals surface area contributed by atoms with Crippen molar-refractivity contribution in [3.05, 3.63) is 28.2 Å². The molecule has 0 saturated carbocycles. The van der Waals surface area contributed by atoms with Gasteiger partial charge in [-0.15, -0.1) is 0 Å². The van der Waals surface area contributed by atoms with E-state index < -0.39 is 0 Å². The number of benzene rings is 1. The largest absolute Gasteiger partial charge is 0.384 e. The van der Waals surface area contributed by atoms with Gasteiger partial charge < -0.3 is 10.1 Å². The van der Waals surface area contributed by atoms with Crippen LogP contribution < -0.4 is 5.32 Å². The van der Waals surface area contributed by atoms with Gasteiger partial charge in [-0.05, 0) is 47.5 Å². The van der Waals surface area contributed by atoms with Gasteiger partial charge in [0.2, 0.25) is 0 Å². The molecule has 1 saturated heterocycles. The van der Waals surface area contributed by atoms with Crippen LogP contribution in [0.1, 0.15) is 18.9 Å². The van der Waals surface area contributed by atoms with Crippen LogP contribution in [0.25, 0.3) is 0 Å². The molecule has 4 heteroatoms. The zero-order chi connectivity index (χ0) is 12.3. The molecule has 0 aliphatic carbocycles. The third kappa shape index (κ3) is 2.99. The van der Waals surface area contributed by atoms with E-state index in [1.54, 1.807) is 0 Å². The summed E-state index contributed by atoms with van der Waals surface area (Å²) in [5.74, 6) is 0.567. The lowest BCUT2D eigenvalue weighted by Crippen LogP contribution is -2.20. The Morgan fingerprint density at radius 2 is 2.41 bits per heavy atom. The van der Waals surface area contributed by atoms with E-state index in [0.29, 0.717) is 17.6 Å². The Kier molecular flexibility index (Phi) is 4.03. The van der Waals surface area contributed by atoms with Crippen molar-refractivity contribution in [2.75, 3.05) is 18.5 Å². The van der Waals surface area contributed by atoms with Gasteiger partial charge in [0.05, 0.1) is 17.7 Å². The molecule has 1 fully saturated rings. The zero-order valence-corrected chi connectivity index (χ0v) is 11.3. The lowest BCUT2D eigenvalue weighted by Gasteiger charge is -2.16. The molecule has 0 amide bonds. The average molecular weight is 295 g/mol. The molecule has 0 spiro atoms. The van der Waals surface area contributed by atoms with Crippen LogP contribution in [-0.2, 0) is 4.74 Å². The second kappa shape index (κ2) is 5.52. The van der Waals surface area contributed by atoms with Gasteiger partial charge in [-0.1, -0.05) is 0 Å². The van der Waals surface area contributed by atoms with Crippen molar-refractivity contribution in [3.63, 3.8) is 0 Å². The van der Waals surface area contributed by atoms with Crippen molar-refractivity contribution in [2.24, 2.45) is 5.92 Å². The summed E-state index contributed by atoms with van der Waals surface area (Å²) in [5.41, 5.74) is 1.70. The fraction of sp³-hybridized carbons (Fsp3) is 0.462. The van der Waals surface area contributed by atoms with E-state index in [2.05, 4.69) is 34.2 Å². The molecule has 3 nitrogen and oxygen atoms in total. The fourth-order valence-electron chi connectivity index (χ4n) is 2.01. The number of anilines is 1. The summed E-state index contributed by atoms with van der Waals surface area (Å²) in [6, 6.07) is 7.71. The van der Waals surface area contributed by atoms with Crippen LogP contribution in [0.15, 0.2) is 22.7 Å². The molecule has 17 heavy (non-hydrogen) atoms. The molecule has 0 bridgehead atoms. The van der Waals surface area contributed by atoms with E-state index in [9.17, 15) is 0 Å². The molecule has 1 N–H and O–H groups in total. The quantitative estimate of drug-likeness (QED) is 0.931. The van der Waals surface area contributed by atoms with Crippen LogP contribution in [0.5, 0.6) is 0 Å². The first kappa shape index (κ1) is 12.4. The summed E-state index contributed by atoms with van der Waals surface area (Å²) in [5, 5.41) is 12.2. The number of hydrogen-bond donors (Lipinski definition) is 1. The molecular formula is C13H15BrN2O. The van der Waals surface area contributed by atoms with Crippen LogP contribution in [-0.4, -0.2) is 19.3 Å². The predicted molar refractivity (Wildman–Crippen MR) is 70.9 cm³/mol. The van der Waals surface area contributed by atoms with Crippen LogP contribution in [0.3, 0.4) is 0 Å². The lowest BCUT2D eigenvalue weighted by atomic mass is 10.0. The highest BCUT2D eigenvalue weighted by Gasteiger charge is 2.23. The second-order valence-electron chi connectivity index (χ2n) is 4.31. The van der Waals surface area contributed by atoms with E-state index >= 15 is 0 Å². The first-order valence-corrected chi connectivity index (χ1v) is 6.55. The number of ether oxygens (including phenoxy) is 1. The Bertz CT molecular complexity index is 442. The fourth-order valence-corrected chi connectivity index (χ4v) is 2.53. The van der Waals surface area contributed by atoms with Crippen molar-refractivity contribution < 1.29 is 4.74 Å². The predicted octanol–water partition coefficient (Wildman–Crippen LogP) is 3.16. The van der Waals surface area contributed by atoms with Gasteiger partial charge >= 0.3 is 0 Å². The van der Waals surface area contributed by atoms with Gasteiger partial charge in [-0.3, -0.25) is 0 Å². The number of nitrogens with zero attached hydrogens (tertiary/aromatic N) is 1. The Morgan fingerprint density at radius 1 is 1.59 bits per heavy atom. The summed E-state index contributed by atoms with van der Waals surface area (Å²) >= 11 is 3.47. The summed E-state index contributed by atoms with van der Waals surface area (Å²) in [6.07, 6.45) is 1.45. The SMILES string of the molecule is CC1OCCC1CNc1ccc(C#N)cc1Br. The first-order valence-electron chi connectivity index (χ1n) is 5.76. The summed E-state index contributed by atoms with van der Waals surface area (Å²) in [7, 11) is 0. The summed E-state index contributed by atoms with van der Waals surface area (Å²) in [4.78, 5) is 0. The number of nitrogens with one attached hydrogen (secondary N) is 1. The molecule has 0 radical (unpaired) electrons. The minimum Gasteiger partial charge on any atom is -0.384 e. The molecule has 1 aromatic rings. The van der Waals surface area contributed by atoms with Crippen molar-refractivity contribution in [1.82, 2.24) is 0 Å². The monoisotopic (exact) mass is 294 g/mol. The van der Waals surface area contributed by atoms with E-state index in [1.807, 2.05) is 18.2 Å². The van der Waals surface area contributed by atoms with Crippen molar-refractivity contribution in [3.8, 4) is 6.07 Å². The molecule has 1 aliphatic heterocycles. The Morgan fingerprint density at radius 3 is 3.00 bits per heavy atom. The van der Waals surface area contributed by atoms with E-state index in [0.717, 1.165) is 29.7 Å². The molecule has 2 atom stereocenters. The number of halogens is 1. The van der Waals surface area contributed by atoms with Crippen LogP contribution >= 0.6 is 15.9 Å².